The maximum absolute atomic E-state index is 12.8. The van der Waals surface area contributed by atoms with E-state index in [1.54, 1.807) is 12.3 Å². The lowest BCUT2D eigenvalue weighted by atomic mass is 10.1. The smallest absolute Gasteiger partial charge is 0.276 e. The van der Waals surface area contributed by atoms with Crippen molar-refractivity contribution in [3.63, 3.8) is 0 Å². The van der Waals surface area contributed by atoms with Crippen LogP contribution >= 0.6 is 11.8 Å². The summed E-state index contributed by atoms with van der Waals surface area (Å²) in [5.41, 5.74) is -0.663. The van der Waals surface area contributed by atoms with Gasteiger partial charge in [-0.1, -0.05) is 23.9 Å². The number of halogens is 3. The molecule has 1 aromatic carbocycles. The molecule has 0 radical (unpaired) electrons. The van der Waals surface area contributed by atoms with Gasteiger partial charge >= 0.3 is 6.18 Å². The van der Waals surface area contributed by atoms with Crippen LogP contribution in [0.15, 0.2) is 35.7 Å². The molecule has 2 aromatic rings. The predicted molar refractivity (Wildman–Crippen MR) is 58.1 cm³/mol. The number of benzene rings is 1. The average molecular weight is 259 g/mol. The van der Waals surface area contributed by atoms with Gasteiger partial charge in [0.05, 0.1) is 11.3 Å². The maximum atomic E-state index is 12.8. The second-order valence-corrected chi connectivity index (χ2v) is 3.98. The van der Waals surface area contributed by atoms with Crippen LogP contribution in [-0.4, -0.2) is 21.0 Å². The molecule has 0 saturated heterocycles. The molecule has 90 valence electrons. The van der Waals surface area contributed by atoms with E-state index in [0.717, 1.165) is 6.07 Å². The number of alkyl halides is 3. The Morgan fingerprint density at radius 1 is 1.24 bits per heavy atom. The Kier molecular flexibility index (Phi) is 3.10. The highest BCUT2D eigenvalue weighted by molar-refractivity contribution is 7.98. The van der Waals surface area contributed by atoms with E-state index in [2.05, 4.69) is 10.2 Å². The van der Waals surface area contributed by atoms with Gasteiger partial charge in [-0.2, -0.15) is 13.2 Å². The van der Waals surface area contributed by atoms with Gasteiger partial charge in [-0.05, 0) is 18.4 Å². The number of hydrogen-bond acceptors (Lipinski definition) is 3. The number of thioether (sulfide) groups is 1. The molecule has 2 rings (SSSR count). The third-order valence-electron chi connectivity index (χ3n) is 2.17. The van der Waals surface area contributed by atoms with Gasteiger partial charge in [-0.25, -0.2) is 0 Å². The SMILES string of the molecule is CSc1nncn1-c1ccccc1C(F)(F)F. The third-order valence-corrected chi connectivity index (χ3v) is 2.81. The molecule has 0 aliphatic heterocycles. The first-order valence-corrected chi connectivity index (χ1v) is 5.87. The van der Waals surface area contributed by atoms with Gasteiger partial charge in [0.25, 0.3) is 0 Å². The van der Waals surface area contributed by atoms with Crippen LogP contribution < -0.4 is 0 Å². The molecule has 0 atom stereocenters. The Hall–Kier alpha value is -1.50. The molecule has 0 spiro atoms. The summed E-state index contributed by atoms with van der Waals surface area (Å²) >= 11 is 1.24. The molecule has 0 N–H and O–H groups in total. The molecule has 0 unspecified atom stereocenters. The van der Waals surface area contributed by atoms with Crippen molar-refractivity contribution < 1.29 is 13.2 Å². The van der Waals surface area contributed by atoms with Crippen LogP contribution in [0.25, 0.3) is 5.69 Å². The van der Waals surface area contributed by atoms with Gasteiger partial charge in [-0.15, -0.1) is 10.2 Å². The Balaban J connectivity index is 2.60. The largest absolute Gasteiger partial charge is 0.418 e. The number of nitrogens with zero attached hydrogens (tertiary/aromatic N) is 3. The van der Waals surface area contributed by atoms with Gasteiger partial charge in [0.2, 0.25) is 0 Å². The fraction of sp³-hybridized carbons (Fsp3) is 0.200. The molecule has 0 saturated carbocycles. The summed E-state index contributed by atoms with van der Waals surface area (Å²) in [7, 11) is 0. The standard InChI is InChI=1S/C10H8F3N3S/c1-17-9-15-14-6-16(9)8-5-3-2-4-7(8)10(11,12)13/h2-6H,1H3. The first-order valence-electron chi connectivity index (χ1n) is 4.64. The van der Waals surface area contributed by atoms with Crippen molar-refractivity contribution in [1.82, 2.24) is 14.8 Å². The summed E-state index contributed by atoms with van der Waals surface area (Å²) in [6.07, 6.45) is -1.39. The first kappa shape index (κ1) is 12.0. The highest BCUT2D eigenvalue weighted by atomic mass is 32.2. The Morgan fingerprint density at radius 3 is 2.59 bits per heavy atom. The molecule has 1 aromatic heterocycles. The minimum Gasteiger partial charge on any atom is -0.276 e. The van der Waals surface area contributed by atoms with Crippen molar-refractivity contribution in [1.29, 1.82) is 0 Å². The predicted octanol–water partition coefficient (Wildman–Crippen LogP) is 3.01. The lowest BCUT2D eigenvalue weighted by molar-refractivity contribution is -0.137. The minimum atomic E-state index is -4.39. The number of aromatic nitrogens is 3. The number of para-hydroxylation sites is 1. The maximum Gasteiger partial charge on any atom is 0.418 e. The normalized spacial score (nSPS) is 11.8. The van der Waals surface area contributed by atoms with E-state index >= 15 is 0 Å². The van der Waals surface area contributed by atoms with Crippen LogP contribution in [-0.2, 0) is 6.18 Å². The minimum absolute atomic E-state index is 0.0364. The van der Waals surface area contributed by atoms with Gasteiger partial charge in [0.1, 0.15) is 6.33 Å². The summed E-state index contributed by atoms with van der Waals surface area (Å²) in [6, 6.07) is 5.34. The van der Waals surface area contributed by atoms with Crippen molar-refractivity contribution in [3.8, 4) is 5.69 Å². The fourth-order valence-electron chi connectivity index (χ4n) is 1.45. The fourth-order valence-corrected chi connectivity index (χ4v) is 1.92. The summed E-state index contributed by atoms with van der Waals surface area (Å²) in [6.45, 7) is 0. The van der Waals surface area contributed by atoms with Gasteiger partial charge in [-0.3, -0.25) is 4.57 Å². The number of hydrogen-bond donors (Lipinski definition) is 0. The van der Waals surface area contributed by atoms with E-state index in [1.165, 1.54) is 34.8 Å². The lowest BCUT2D eigenvalue weighted by Gasteiger charge is -2.13. The zero-order chi connectivity index (χ0) is 12.5. The van der Waals surface area contributed by atoms with Crippen LogP contribution in [0.1, 0.15) is 5.56 Å². The molecule has 0 aliphatic carbocycles. The highest BCUT2D eigenvalue weighted by Gasteiger charge is 2.34. The van der Waals surface area contributed by atoms with Gasteiger partial charge < -0.3 is 0 Å². The van der Waals surface area contributed by atoms with Crippen molar-refractivity contribution in [2.75, 3.05) is 6.26 Å². The molecule has 1 heterocycles. The van der Waals surface area contributed by atoms with Crippen LogP contribution in [0, 0.1) is 0 Å². The number of rotatable bonds is 2. The van der Waals surface area contributed by atoms with Crippen molar-refractivity contribution in [3.05, 3.63) is 36.2 Å². The average Bonchev–Trinajstić information content (AvgIpc) is 2.75. The Morgan fingerprint density at radius 2 is 1.94 bits per heavy atom. The Bertz CT molecular complexity index is 522. The topological polar surface area (TPSA) is 30.7 Å². The van der Waals surface area contributed by atoms with E-state index in [4.69, 9.17) is 0 Å². The quantitative estimate of drug-likeness (QED) is 0.777. The lowest BCUT2D eigenvalue weighted by Crippen LogP contribution is -2.10. The second kappa shape index (κ2) is 4.40. The zero-order valence-electron chi connectivity index (χ0n) is 8.77. The third kappa shape index (κ3) is 2.28. The van der Waals surface area contributed by atoms with Gasteiger partial charge in [0.15, 0.2) is 5.16 Å². The van der Waals surface area contributed by atoms with Crippen molar-refractivity contribution in [2.45, 2.75) is 11.3 Å². The molecule has 0 bridgehead atoms. The summed E-state index contributed by atoms with van der Waals surface area (Å²) < 4.78 is 39.8. The monoisotopic (exact) mass is 259 g/mol. The molecular formula is C10H8F3N3S. The highest BCUT2D eigenvalue weighted by Crippen LogP contribution is 2.34. The van der Waals surface area contributed by atoms with E-state index in [9.17, 15) is 13.2 Å². The van der Waals surface area contributed by atoms with Crippen LogP contribution in [0.5, 0.6) is 0 Å². The van der Waals surface area contributed by atoms with E-state index in [-0.39, 0.29) is 5.69 Å². The van der Waals surface area contributed by atoms with Gasteiger partial charge in [0, 0.05) is 0 Å². The van der Waals surface area contributed by atoms with E-state index in [1.807, 2.05) is 0 Å². The summed E-state index contributed by atoms with van der Waals surface area (Å²) in [5, 5.41) is 7.78. The van der Waals surface area contributed by atoms with Crippen molar-refractivity contribution in [2.24, 2.45) is 0 Å². The molecule has 7 heteroatoms. The van der Waals surface area contributed by atoms with Crippen LogP contribution in [0.2, 0.25) is 0 Å². The molecule has 17 heavy (non-hydrogen) atoms. The molecule has 3 nitrogen and oxygen atoms in total. The Labute approximate surface area is 99.7 Å². The molecular weight excluding hydrogens is 251 g/mol. The molecule has 0 aliphatic rings. The van der Waals surface area contributed by atoms with Crippen molar-refractivity contribution >= 4 is 11.8 Å². The summed E-state index contributed by atoms with van der Waals surface area (Å²) in [5.74, 6) is 0. The molecule has 0 fully saturated rings. The first-order chi connectivity index (χ1) is 8.04. The summed E-state index contributed by atoms with van der Waals surface area (Å²) in [4.78, 5) is 0. The van der Waals surface area contributed by atoms with Crippen LogP contribution in [0.4, 0.5) is 13.2 Å². The zero-order valence-corrected chi connectivity index (χ0v) is 9.59. The second-order valence-electron chi connectivity index (χ2n) is 3.20. The molecule has 0 amide bonds. The van der Waals surface area contributed by atoms with E-state index < -0.39 is 11.7 Å². The van der Waals surface area contributed by atoms with E-state index in [0.29, 0.717) is 5.16 Å². The van der Waals surface area contributed by atoms with Crippen LogP contribution in [0.3, 0.4) is 0 Å².